The van der Waals surface area contributed by atoms with E-state index >= 15 is 0 Å². The van der Waals surface area contributed by atoms with Crippen LogP contribution in [0.5, 0.6) is 11.5 Å². The third kappa shape index (κ3) is 3.02. The number of hydrogen-bond acceptors (Lipinski definition) is 8. The van der Waals surface area contributed by atoms with Crippen LogP contribution in [0.3, 0.4) is 0 Å². The summed E-state index contributed by atoms with van der Waals surface area (Å²) in [6.07, 6.45) is -4.21. The Kier molecular flexibility index (Phi) is 4.90. The van der Waals surface area contributed by atoms with Gasteiger partial charge in [-0.1, -0.05) is 6.07 Å². The second-order valence-electron chi connectivity index (χ2n) is 5.47. The molecular formula is C14H21NO7. The number of hydrogen-bond donors (Lipinski definition) is 7. The molecule has 0 aliphatic carbocycles. The Morgan fingerprint density at radius 2 is 1.73 bits per heavy atom. The number of phenolic OH excluding ortho intramolecular Hbond substituents is 2. The van der Waals surface area contributed by atoms with Gasteiger partial charge >= 0.3 is 0 Å². The lowest BCUT2D eigenvalue weighted by molar-refractivity contribution is -0.316. The summed E-state index contributed by atoms with van der Waals surface area (Å²) >= 11 is 0. The first-order chi connectivity index (χ1) is 10.3. The van der Waals surface area contributed by atoms with E-state index in [0.29, 0.717) is 0 Å². The van der Waals surface area contributed by atoms with E-state index in [1.165, 1.54) is 18.2 Å². The van der Waals surface area contributed by atoms with Crippen molar-refractivity contribution in [1.29, 1.82) is 0 Å². The van der Waals surface area contributed by atoms with Crippen molar-refractivity contribution >= 4 is 0 Å². The predicted octanol–water partition coefficient (Wildman–Crippen LogP) is -1.84. The average Bonchev–Trinajstić information content (AvgIpc) is 2.49. The zero-order valence-corrected chi connectivity index (χ0v) is 11.8. The maximum absolute atomic E-state index is 10.5. The fourth-order valence-electron chi connectivity index (χ4n) is 2.60. The fourth-order valence-corrected chi connectivity index (χ4v) is 2.60. The molecule has 1 saturated heterocycles. The third-order valence-electron chi connectivity index (χ3n) is 4.01. The van der Waals surface area contributed by atoms with Crippen molar-refractivity contribution in [2.24, 2.45) is 5.73 Å². The summed E-state index contributed by atoms with van der Waals surface area (Å²) < 4.78 is 5.23. The Morgan fingerprint density at radius 1 is 1.14 bits per heavy atom. The van der Waals surface area contributed by atoms with Gasteiger partial charge in [0.1, 0.15) is 29.8 Å². The van der Waals surface area contributed by atoms with Gasteiger partial charge in [0.15, 0.2) is 5.79 Å². The van der Waals surface area contributed by atoms with Crippen molar-refractivity contribution in [3.63, 3.8) is 0 Å². The Morgan fingerprint density at radius 3 is 2.27 bits per heavy atom. The van der Waals surface area contributed by atoms with Crippen LogP contribution >= 0.6 is 0 Å². The maximum atomic E-state index is 10.5. The summed E-state index contributed by atoms with van der Waals surface area (Å²) in [5.41, 5.74) is 5.91. The van der Waals surface area contributed by atoms with E-state index in [9.17, 15) is 25.5 Å². The zero-order chi connectivity index (χ0) is 16.5. The first-order valence-electron chi connectivity index (χ1n) is 6.92. The second kappa shape index (κ2) is 6.37. The lowest BCUT2D eigenvalue weighted by Gasteiger charge is -2.46. The number of benzene rings is 1. The zero-order valence-electron chi connectivity index (χ0n) is 11.8. The molecule has 22 heavy (non-hydrogen) atoms. The highest BCUT2D eigenvalue weighted by Crippen LogP contribution is 2.34. The molecule has 1 aliphatic heterocycles. The molecule has 1 aromatic carbocycles. The molecule has 5 atom stereocenters. The molecule has 1 heterocycles. The predicted molar refractivity (Wildman–Crippen MR) is 75.0 cm³/mol. The van der Waals surface area contributed by atoms with E-state index in [4.69, 9.17) is 15.6 Å². The van der Waals surface area contributed by atoms with Gasteiger partial charge in [0.05, 0.1) is 12.6 Å². The number of ether oxygens (including phenoxy) is 1. The minimum atomic E-state index is -2.01. The Labute approximate surface area is 127 Å². The Balaban J connectivity index is 2.16. The highest BCUT2D eigenvalue weighted by molar-refractivity contribution is 5.43. The van der Waals surface area contributed by atoms with Gasteiger partial charge < -0.3 is 41.1 Å². The summed E-state index contributed by atoms with van der Waals surface area (Å²) in [4.78, 5) is 0. The minimum absolute atomic E-state index is 0.0175. The highest BCUT2D eigenvalue weighted by atomic mass is 16.6. The smallest absolute Gasteiger partial charge is 0.184 e. The average molecular weight is 315 g/mol. The first-order valence-corrected chi connectivity index (χ1v) is 6.92. The van der Waals surface area contributed by atoms with Gasteiger partial charge in [-0.3, -0.25) is 0 Å². The van der Waals surface area contributed by atoms with Crippen LogP contribution in [0.4, 0.5) is 0 Å². The molecule has 0 spiro atoms. The van der Waals surface area contributed by atoms with Crippen LogP contribution in [0.15, 0.2) is 18.2 Å². The first kappa shape index (κ1) is 16.9. The molecule has 0 radical (unpaired) electrons. The van der Waals surface area contributed by atoms with Crippen molar-refractivity contribution in [1.82, 2.24) is 0 Å². The van der Waals surface area contributed by atoms with E-state index in [2.05, 4.69) is 0 Å². The molecule has 1 aliphatic rings. The molecule has 0 amide bonds. The molecule has 8 N–H and O–H groups in total. The number of phenols is 2. The molecule has 124 valence electrons. The molecule has 8 nitrogen and oxygen atoms in total. The van der Waals surface area contributed by atoms with E-state index in [1.54, 1.807) is 0 Å². The topological polar surface area (TPSA) is 157 Å². The summed E-state index contributed by atoms with van der Waals surface area (Å²) in [5, 5.41) is 58.6. The lowest BCUT2D eigenvalue weighted by Crippen LogP contribution is -2.68. The number of rotatable bonds is 4. The fraction of sp³-hybridized carbons (Fsp3) is 0.571. The van der Waals surface area contributed by atoms with Crippen molar-refractivity contribution < 1.29 is 35.4 Å². The molecule has 1 unspecified atom stereocenters. The summed E-state index contributed by atoms with van der Waals surface area (Å²) in [6, 6.07) is 2.93. The molecule has 1 aromatic rings. The van der Waals surface area contributed by atoms with Crippen molar-refractivity contribution in [3.05, 3.63) is 23.8 Å². The van der Waals surface area contributed by atoms with Crippen LogP contribution in [0.2, 0.25) is 0 Å². The number of aliphatic hydroxyl groups is 4. The van der Waals surface area contributed by atoms with Gasteiger partial charge in [0.2, 0.25) is 0 Å². The number of aliphatic hydroxyl groups excluding tert-OH is 3. The molecular weight excluding hydrogens is 294 g/mol. The summed E-state index contributed by atoms with van der Waals surface area (Å²) in [5.74, 6) is -2.31. The highest BCUT2D eigenvalue weighted by Gasteiger charge is 2.51. The molecule has 1 fully saturated rings. The molecule has 8 heteroatoms. The standard InChI is InChI=1S/C14H21NO7/c15-13-12(20)11(19)10(6-16)22-14(13,21)5-4-7-8(17)2-1-3-9(7)18/h1-3,10-13,16-21H,4-6,15H2/t10-,11-,12+,13-,14?/m1/s1. The lowest BCUT2D eigenvalue weighted by atomic mass is 9.87. The van der Waals surface area contributed by atoms with Crippen LogP contribution in [0, 0.1) is 0 Å². The van der Waals surface area contributed by atoms with Crippen LogP contribution in [0.1, 0.15) is 12.0 Å². The van der Waals surface area contributed by atoms with E-state index in [-0.39, 0.29) is 29.9 Å². The Hall–Kier alpha value is -1.42. The normalized spacial score (nSPS) is 35.5. The summed E-state index contributed by atoms with van der Waals surface area (Å²) in [7, 11) is 0. The van der Waals surface area contributed by atoms with Gasteiger partial charge in [-0.25, -0.2) is 0 Å². The van der Waals surface area contributed by atoms with Crippen LogP contribution in [-0.4, -0.2) is 67.4 Å². The van der Waals surface area contributed by atoms with Crippen molar-refractivity contribution in [3.8, 4) is 11.5 Å². The van der Waals surface area contributed by atoms with Gasteiger partial charge in [-0.05, 0) is 18.6 Å². The van der Waals surface area contributed by atoms with E-state index < -0.39 is 36.7 Å². The minimum Gasteiger partial charge on any atom is -0.508 e. The van der Waals surface area contributed by atoms with Crippen LogP contribution in [-0.2, 0) is 11.2 Å². The van der Waals surface area contributed by atoms with Crippen molar-refractivity contribution in [2.75, 3.05) is 6.61 Å². The molecule has 0 aromatic heterocycles. The third-order valence-corrected chi connectivity index (χ3v) is 4.01. The van der Waals surface area contributed by atoms with Gasteiger partial charge in [0, 0.05) is 12.0 Å². The number of aromatic hydroxyl groups is 2. The van der Waals surface area contributed by atoms with Crippen molar-refractivity contribution in [2.45, 2.75) is 43.0 Å². The summed E-state index contributed by atoms with van der Waals surface area (Å²) in [6.45, 7) is -0.602. The molecule has 2 rings (SSSR count). The number of nitrogens with two attached hydrogens (primary N) is 1. The Bertz CT molecular complexity index is 504. The monoisotopic (exact) mass is 315 g/mol. The second-order valence-corrected chi connectivity index (χ2v) is 5.47. The quantitative estimate of drug-likeness (QED) is 0.341. The van der Waals surface area contributed by atoms with Crippen LogP contribution < -0.4 is 5.73 Å². The largest absolute Gasteiger partial charge is 0.508 e. The molecule has 0 saturated carbocycles. The maximum Gasteiger partial charge on any atom is 0.184 e. The van der Waals surface area contributed by atoms with Gasteiger partial charge in [0.25, 0.3) is 0 Å². The van der Waals surface area contributed by atoms with E-state index in [0.717, 1.165) is 0 Å². The van der Waals surface area contributed by atoms with Gasteiger partial charge in [-0.2, -0.15) is 0 Å². The molecule has 0 bridgehead atoms. The van der Waals surface area contributed by atoms with Crippen LogP contribution in [0.25, 0.3) is 0 Å². The SMILES string of the molecule is N[C@@H]1[C@@H](O)[C@H](O)[C@@H](CO)OC1(O)CCc1c(O)cccc1O. The van der Waals surface area contributed by atoms with Gasteiger partial charge in [-0.15, -0.1) is 0 Å². The van der Waals surface area contributed by atoms with E-state index in [1.807, 2.05) is 0 Å².